The van der Waals surface area contributed by atoms with E-state index in [9.17, 15) is 0 Å². The van der Waals surface area contributed by atoms with Gasteiger partial charge < -0.3 is 14.2 Å². The minimum absolute atomic E-state index is 0.330. The first kappa shape index (κ1) is 8.34. The smallest absolute Gasteiger partial charge is 0.174 e. The van der Waals surface area contributed by atoms with E-state index >= 15 is 0 Å². The van der Waals surface area contributed by atoms with E-state index < -0.39 is 0 Å². The SMILES string of the molecule is C[C@]12O[C@@H]3S[C@@H]4O[C@](C)(O1)[C@@H]1[C@@H]4C[C@@H]3[C@H]12. The van der Waals surface area contributed by atoms with Crippen LogP contribution < -0.4 is 0 Å². The third-order valence-corrected chi connectivity index (χ3v) is 6.57. The van der Waals surface area contributed by atoms with Gasteiger partial charge in [0.05, 0.1) is 0 Å². The van der Waals surface area contributed by atoms with Gasteiger partial charge in [0.25, 0.3) is 0 Å². The quantitative estimate of drug-likeness (QED) is 0.629. The first-order valence-corrected chi connectivity index (χ1v) is 6.76. The van der Waals surface area contributed by atoms with Crippen LogP contribution >= 0.6 is 11.8 Å². The second-order valence-electron chi connectivity index (χ2n) is 5.86. The molecule has 0 radical (unpaired) electrons. The van der Waals surface area contributed by atoms with Crippen molar-refractivity contribution in [2.45, 2.75) is 42.7 Å². The first-order valence-electron chi connectivity index (χ1n) is 5.82. The van der Waals surface area contributed by atoms with Crippen molar-refractivity contribution >= 4 is 11.8 Å². The number of hydrogen-bond acceptors (Lipinski definition) is 4. The average Bonchev–Trinajstić information content (AvgIpc) is 2.70. The predicted molar refractivity (Wildman–Crippen MR) is 53.8 cm³/mol. The molecule has 3 nitrogen and oxygen atoms in total. The molecule has 1 aliphatic carbocycles. The van der Waals surface area contributed by atoms with Gasteiger partial charge in [0.15, 0.2) is 11.6 Å². The van der Waals surface area contributed by atoms with E-state index in [-0.39, 0.29) is 11.6 Å². The lowest BCUT2D eigenvalue weighted by atomic mass is 9.83. The summed E-state index contributed by atoms with van der Waals surface area (Å²) in [4.78, 5) is 0. The van der Waals surface area contributed by atoms with Crippen LogP contribution in [0.2, 0.25) is 0 Å². The fraction of sp³-hybridized carbons (Fsp3) is 1.00. The topological polar surface area (TPSA) is 27.7 Å². The van der Waals surface area contributed by atoms with E-state index in [2.05, 4.69) is 13.8 Å². The summed E-state index contributed by atoms with van der Waals surface area (Å²) in [7, 11) is 0. The van der Waals surface area contributed by atoms with Gasteiger partial charge in [-0.25, -0.2) is 0 Å². The molecule has 5 fully saturated rings. The largest absolute Gasteiger partial charge is 0.336 e. The lowest BCUT2D eigenvalue weighted by Gasteiger charge is -2.35. The summed E-state index contributed by atoms with van der Waals surface area (Å²) in [5, 5.41) is 0. The first-order chi connectivity index (χ1) is 7.11. The van der Waals surface area contributed by atoms with E-state index in [1.54, 1.807) is 0 Å². The van der Waals surface area contributed by atoms with Crippen molar-refractivity contribution in [2.75, 3.05) is 0 Å². The summed E-state index contributed by atoms with van der Waals surface area (Å²) in [6.07, 6.45) is 1.30. The van der Waals surface area contributed by atoms with E-state index in [1.165, 1.54) is 6.42 Å². The van der Waals surface area contributed by atoms with Crippen LogP contribution in [0.3, 0.4) is 0 Å². The highest BCUT2D eigenvalue weighted by Gasteiger charge is 2.79. The third kappa shape index (κ3) is 0.673. The average molecular weight is 226 g/mol. The van der Waals surface area contributed by atoms with Crippen molar-refractivity contribution < 1.29 is 14.2 Å². The summed E-state index contributed by atoms with van der Waals surface area (Å²) in [5.41, 5.74) is 0.659. The van der Waals surface area contributed by atoms with Gasteiger partial charge in [0.2, 0.25) is 0 Å². The fourth-order valence-corrected chi connectivity index (χ4v) is 6.62. The molecule has 0 amide bonds. The maximum atomic E-state index is 6.13. The van der Waals surface area contributed by atoms with E-state index in [0.29, 0.717) is 22.7 Å². The molecular weight excluding hydrogens is 212 g/mol. The van der Waals surface area contributed by atoms with Crippen LogP contribution in [0, 0.1) is 23.7 Å². The van der Waals surface area contributed by atoms with Crippen molar-refractivity contribution in [3.8, 4) is 0 Å². The van der Waals surface area contributed by atoms with Crippen LogP contribution in [0.25, 0.3) is 0 Å². The Bertz CT molecular complexity index is 343. The molecule has 5 rings (SSSR count). The maximum Gasteiger partial charge on any atom is 0.174 e. The van der Waals surface area contributed by atoms with Crippen LogP contribution in [-0.2, 0) is 14.2 Å². The monoisotopic (exact) mass is 226 g/mol. The molecule has 8 atom stereocenters. The van der Waals surface area contributed by atoms with E-state index in [1.807, 2.05) is 11.8 Å². The fourth-order valence-electron chi connectivity index (χ4n) is 4.90. The van der Waals surface area contributed by atoms with Gasteiger partial charge in [-0.1, -0.05) is 11.8 Å². The zero-order valence-corrected chi connectivity index (χ0v) is 9.62. The Hall–Kier alpha value is 0.230. The summed E-state index contributed by atoms with van der Waals surface area (Å²) in [5.74, 6) is 1.88. The van der Waals surface area contributed by atoms with Gasteiger partial charge in [-0.15, -0.1) is 0 Å². The van der Waals surface area contributed by atoms with Gasteiger partial charge in [-0.05, 0) is 20.3 Å². The summed E-state index contributed by atoms with van der Waals surface area (Å²) in [6.45, 7) is 4.22. The molecule has 4 aliphatic heterocycles. The van der Waals surface area contributed by atoms with E-state index in [4.69, 9.17) is 14.2 Å². The predicted octanol–water partition coefficient (Wildman–Crippen LogP) is 1.78. The molecule has 82 valence electrons. The highest BCUT2D eigenvalue weighted by atomic mass is 32.2. The minimum Gasteiger partial charge on any atom is -0.336 e. The molecule has 0 spiro atoms. The molecule has 4 heterocycles. The number of rotatable bonds is 0. The lowest BCUT2D eigenvalue weighted by molar-refractivity contribution is -0.304. The lowest BCUT2D eigenvalue weighted by Crippen LogP contribution is -2.38. The molecule has 0 unspecified atom stereocenters. The number of ether oxygens (including phenoxy) is 3. The van der Waals surface area contributed by atoms with Crippen LogP contribution in [-0.4, -0.2) is 22.4 Å². The van der Waals surface area contributed by atoms with Gasteiger partial charge in [0.1, 0.15) is 10.9 Å². The Morgan fingerprint density at radius 1 is 1.00 bits per heavy atom. The summed E-state index contributed by atoms with van der Waals surface area (Å²) in [6, 6.07) is 0. The molecule has 0 aromatic heterocycles. The third-order valence-electron chi connectivity index (χ3n) is 5.14. The number of hydrogen-bond donors (Lipinski definition) is 0. The van der Waals surface area contributed by atoms with Crippen LogP contribution in [0.15, 0.2) is 0 Å². The Labute approximate surface area is 92.8 Å². The standard InChI is InChI=1S/C11H14O3S/c1-10-6-4-3-5-7(6)11(2,14-10)13-9(5)15-8(4)12-10/h4-9H,3H2,1-2H3/t4-,5+,6-,7-,8-,9+,10+,11-/m1/s1. The van der Waals surface area contributed by atoms with Crippen LogP contribution in [0.4, 0.5) is 0 Å². The Morgan fingerprint density at radius 3 is 2.07 bits per heavy atom. The molecule has 1 saturated carbocycles. The molecule has 0 aromatic carbocycles. The van der Waals surface area contributed by atoms with Crippen molar-refractivity contribution in [2.24, 2.45) is 23.7 Å². The Kier molecular flexibility index (Phi) is 1.12. The van der Waals surface area contributed by atoms with Crippen LogP contribution in [0.1, 0.15) is 20.3 Å². The van der Waals surface area contributed by atoms with Crippen molar-refractivity contribution in [1.29, 1.82) is 0 Å². The molecule has 0 aromatic rings. The molecule has 5 aliphatic rings. The molecule has 0 N–H and O–H groups in total. The van der Waals surface area contributed by atoms with E-state index in [0.717, 1.165) is 11.8 Å². The van der Waals surface area contributed by atoms with Crippen molar-refractivity contribution in [3.05, 3.63) is 0 Å². The van der Waals surface area contributed by atoms with Crippen molar-refractivity contribution in [3.63, 3.8) is 0 Å². The maximum absolute atomic E-state index is 6.13. The highest BCUT2D eigenvalue weighted by molar-refractivity contribution is 8.00. The molecule has 4 saturated heterocycles. The minimum atomic E-state index is -0.359. The van der Waals surface area contributed by atoms with Gasteiger partial charge in [0, 0.05) is 23.7 Å². The normalized spacial score (nSPS) is 77.2. The summed E-state index contributed by atoms with van der Waals surface area (Å²) < 4.78 is 18.4. The molecule has 15 heavy (non-hydrogen) atoms. The van der Waals surface area contributed by atoms with Gasteiger partial charge >= 0.3 is 0 Å². The van der Waals surface area contributed by atoms with Gasteiger partial charge in [-0.2, -0.15) is 0 Å². The van der Waals surface area contributed by atoms with Gasteiger partial charge in [-0.3, -0.25) is 0 Å². The van der Waals surface area contributed by atoms with Crippen molar-refractivity contribution in [1.82, 2.24) is 0 Å². The molecule has 2 bridgehead atoms. The summed E-state index contributed by atoms with van der Waals surface area (Å²) >= 11 is 1.90. The van der Waals surface area contributed by atoms with Crippen LogP contribution in [0.5, 0.6) is 0 Å². The second-order valence-corrected chi connectivity index (χ2v) is 7.06. The Balaban J connectivity index is 1.80. The molecule has 4 heteroatoms. The zero-order valence-electron chi connectivity index (χ0n) is 8.80. The Morgan fingerprint density at radius 2 is 1.53 bits per heavy atom. The zero-order chi connectivity index (χ0) is 10.00. The number of thioether (sulfide) groups is 1. The second kappa shape index (κ2) is 2.01. The molecular formula is C11H14O3S. The highest BCUT2D eigenvalue weighted by Crippen LogP contribution is 2.74.